The van der Waals surface area contributed by atoms with Crippen molar-refractivity contribution in [3.63, 3.8) is 0 Å². The zero-order valence-electron chi connectivity index (χ0n) is 11.5. The lowest BCUT2D eigenvalue weighted by molar-refractivity contribution is -0.386. The van der Waals surface area contributed by atoms with Gasteiger partial charge in [0.2, 0.25) is 0 Å². The van der Waals surface area contributed by atoms with Crippen LogP contribution in [0.5, 0.6) is 5.75 Å². The molecule has 0 radical (unpaired) electrons. The number of nitro benzene ring substituents is 1. The number of nitrogens with zero attached hydrogens (tertiary/aromatic N) is 1. The molecule has 1 aliphatic heterocycles. The van der Waals surface area contributed by atoms with Crippen LogP contribution in [0, 0.1) is 15.9 Å². The summed E-state index contributed by atoms with van der Waals surface area (Å²) >= 11 is 0. The second-order valence-corrected chi connectivity index (χ2v) is 5.40. The van der Waals surface area contributed by atoms with Gasteiger partial charge in [0.1, 0.15) is 18.0 Å². The molecule has 0 unspecified atom stereocenters. The van der Waals surface area contributed by atoms with E-state index in [1.54, 1.807) is 20.8 Å². The minimum atomic E-state index is -0.732. The van der Waals surface area contributed by atoms with E-state index < -0.39 is 22.1 Å². The Morgan fingerprint density at radius 2 is 2.15 bits per heavy atom. The lowest BCUT2D eigenvalue weighted by atomic mass is 10.1. The third kappa shape index (κ3) is 3.23. The topological polar surface area (TPSA) is 70.8 Å². The van der Waals surface area contributed by atoms with E-state index in [0.717, 1.165) is 18.2 Å². The second-order valence-electron chi connectivity index (χ2n) is 5.40. The zero-order valence-corrected chi connectivity index (χ0v) is 11.5. The molecule has 0 aromatic heterocycles. The summed E-state index contributed by atoms with van der Waals surface area (Å²) in [6.45, 7) is 5.63. The van der Waals surface area contributed by atoms with Gasteiger partial charge in [0.05, 0.1) is 11.5 Å². The number of hydrogen-bond donors (Lipinski definition) is 0. The highest BCUT2D eigenvalue weighted by atomic mass is 19.1. The monoisotopic (exact) mass is 285 g/mol. The van der Waals surface area contributed by atoms with E-state index in [-0.39, 0.29) is 18.0 Å². The van der Waals surface area contributed by atoms with Crippen LogP contribution in [0.3, 0.4) is 0 Å². The molecule has 1 aromatic carbocycles. The fourth-order valence-corrected chi connectivity index (χ4v) is 2.03. The molecule has 0 N–H and O–H groups in total. The number of ether oxygens (including phenoxy) is 3. The van der Waals surface area contributed by atoms with Gasteiger partial charge in [0.15, 0.2) is 11.5 Å². The third-order valence-corrected chi connectivity index (χ3v) is 2.87. The van der Waals surface area contributed by atoms with Gasteiger partial charge in [0.25, 0.3) is 0 Å². The minimum Gasteiger partial charge on any atom is -0.484 e. The highest BCUT2D eigenvalue weighted by molar-refractivity contribution is 5.46. The fourth-order valence-electron chi connectivity index (χ4n) is 2.03. The first-order valence-corrected chi connectivity index (χ1v) is 6.12. The molecule has 20 heavy (non-hydrogen) atoms. The molecule has 2 rings (SSSR count). The first-order valence-electron chi connectivity index (χ1n) is 6.12. The number of halogens is 1. The second kappa shape index (κ2) is 4.99. The summed E-state index contributed by atoms with van der Waals surface area (Å²) in [5, 5.41) is 10.9. The lowest BCUT2D eigenvalue weighted by Gasteiger charge is -2.24. The molecule has 0 spiro atoms. The summed E-state index contributed by atoms with van der Waals surface area (Å²) in [5.41, 5.74) is -1.02. The van der Waals surface area contributed by atoms with Crippen LogP contribution >= 0.6 is 0 Å². The Morgan fingerprint density at radius 3 is 2.70 bits per heavy atom. The Kier molecular flexibility index (Phi) is 3.66. The van der Waals surface area contributed by atoms with E-state index in [0.29, 0.717) is 6.61 Å². The first-order chi connectivity index (χ1) is 9.21. The molecular weight excluding hydrogens is 269 g/mol. The van der Waals surface area contributed by atoms with Crippen molar-refractivity contribution >= 4 is 5.69 Å². The molecule has 1 saturated heterocycles. The highest BCUT2D eigenvalue weighted by Gasteiger charge is 2.42. The molecule has 0 amide bonds. The van der Waals surface area contributed by atoms with Crippen LogP contribution < -0.4 is 4.74 Å². The maximum absolute atomic E-state index is 13.2. The molecule has 1 heterocycles. The van der Waals surface area contributed by atoms with Crippen molar-refractivity contribution < 1.29 is 23.5 Å². The molecule has 1 aromatic rings. The Morgan fingerprint density at radius 1 is 1.45 bits per heavy atom. The van der Waals surface area contributed by atoms with Gasteiger partial charge in [-0.05, 0) is 26.8 Å². The number of hydrogen-bond acceptors (Lipinski definition) is 5. The number of nitro groups is 1. The Bertz CT molecular complexity index is 533. The molecule has 7 heteroatoms. The quantitative estimate of drug-likeness (QED) is 0.628. The van der Waals surface area contributed by atoms with Gasteiger partial charge in [0, 0.05) is 12.1 Å². The Hall–Kier alpha value is -1.73. The average Bonchev–Trinajstić information content (AvgIpc) is 2.61. The van der Waals surface area contributed by atoms with E-state index in [1.165, 1.54) is 0 Å². The van der Waals surface area contributed by atoms with Crippen molar-refractivity contribution in [2.75, 3.05) is 13.2 Å². The average molecular weight is 285 g/mol. The van der Waals surface area contributed by atoms with Crippen molar-refractivity contribution in [3.8, 4) is 5.75 Å². The van der Waals surface area contributed by atoms with Crippen molar-refractivity contribution in [1.82, 2.24) is 0 Å². The van der Waals surface area contributed by atoms with Crippen LogP contribution in [0.2, 0.25) is 0 Å². The van der Waals surface area contributed by atoms with Crippen molar-refractivity contribution in [1.29, 1.82) is 0 Å². The summed E-state index contributed by atoms with van der Waals surface area (Å²) in [6, 6.07) is 3.08. The zero-order chi connectivity index (χ0) is 15.0. The molecule has 0 saturated carbocycles. The minimum absolute atomic E-state index is 0.0285. The molecule has 1 atom stereocenters. The normalized spacial score (nSPS) is 24.6. The van der Waals surface area contributed by atoms with Crippen LogP contribution in [-0.4, -0.2) is 29.5 Å². The molecular formula is C13H16FNO5. The van der Waals surface area contributed by atoms with E-state index in [2.05, 4.69) is 0 Å². The maximum Gasteiger partial charge on any atom is 0.311 e. The van der Waals surface area contributed by atoms with Crippen LogP contribution in [-0.2, 0) is 9.47 Å². The summed E-state index contributed by atoms with van der Waals surface area (Å²) in [7, 11) is 0. The van der Waals surface area contributed by atoms with Gasteiger partial charge in [-0.15, -0.1) is 0 Å². The van der Waals surface area contributed by atoms with Crippen LogP contribution in [0.25, 0.3) is 0 Å². The van der Waals surface area contributed by atoms with Crippen molar-refractivity contribution in [2.24, 2.45) is 0 Å². The van der Waals surface area contributed by atoms with E-state index in [4.69, 9.17) is 14.2 Å². The first kappa shape index (κ1) is 14.7. The van der Waals surface area contributed by atoms with Gasteiger partial charge in [-0.25, -0.2) is 4.39 Å². The Labute approximate surface area is 115 Å². The van der Waals surface area contributed by atoms with Crippen LogP contribution in [0.1, 0.15) is 20.8 Å². The van der Waals surface area contributed by atoms with E-state index in [1.807, 2.05) is 0 Å². The van der Waals surface area contributed by atoms with Crippen LogP contribution in [0.4, 0.5) is 10.1 Å². The summed E-state index contributed by atoms with van der Waals surface area (Å²) < 4.78 is 29.7. The largest absolute Gasteiger partial charge is 0.484 e. The van der Waals surface area contributed by atoms with Crippen LogP contribution in [0.15, 0.2) is 18.2 Å². The van der Waals surface area contributed by atoms with Crippen molar-refractivity contribution in [2.45, 2.75) is 32.2 Å². The fraction of sp³-hybridized carbons (Fsp3) is 0.538. The van der Waals surface area contributed by atoms with E-state index >= 15 is 0 Å². The lowest BCUT2D eigenvalue weighted by Crippen LogP contribution is -2.37. The van der Waals surface area contributed by atoms with E-state index in [9.17, 15) is 14.5 Å². The van der Waals surface area contributed by atoms with Gasteiger partial charge in [-0.2, -0.15) is 0 Å². The highest BCUT2D eigenvalue weighted by Crippen LogP contribution is 2.33. The van der Waals surface area contributed by atoms with Gasteiger partial charge < -0.3 is 14.2 Å². The maximum atomic E-state index is 13.2. The molecule has 0 bridgehead atoms. The molecule has 1 fully saturated rings. The number of rotatable bonds is 4. The molecule has 1 aliphatic rings. The molecule has 0 aliphatic carbocycles. The molecule has 6 nitrogen and oxygen atoms in total. The summed E-state index contributed by atoms with van der Waals surface area (Å²) in [5.74, 6) is -1.45. The van der Waals surface area contributed by atoms with Gasteiger partial charge in [-0.3, -0.25) is 10.1 Å². The van der Waals surface area contributed by atoms with Gasteiger partial charge >= 0.3 is 5.69 Å². The van der Waals surface area contributed by atoms with Crippen molar-refractivity contribution in [3.05, 3.63) is 34.1 Å². The number of benzene rings is 1. The predicted octanol–water partition coefficient (Wildman–Crippen LogP) is 2.65. The smallest absolute Gasteiger partial charge is 0.311 e. The molecule has 110 valence electrons. The predicted molar refractivity (Wildman–Crippen MR) is 68.1 cm³/mol. The Balaban J connectivity index is 2.11. The standard InChI is InChI=1S/C13H16FNO5/c1-12(2)19-8-13(3,20-12)7-18-11-6-9(14)4-5-10(11)15(16)17/h4-6H,7-8H2,1-3H3/t13-/m1/s1. The van der Waals surface area contributed by atoms with Gasteiger partial charge in [-0.1, -0.05) is 0 Å². The summed E-state index contributed by atoms with van der Waals surface area (Å²) in [6.07, 6.45) is 0. The SMILES string of the molecule is CC1(C)OC[C@@](C)(COc2cc(F)ccc2[N+](=O)[O-])O1. The summed E-state index contributed by atoms with van der Waals surface area (Å²) in [4.78, 5) is 10.2. The third-order valence-electron chi connectivity index (χ3n) is 2.87.